The SMILES string of the molecule is CCS(=O)(=O)N(CC(=O)Nc1cccc(C(=O)OC)c1C)c1ccc2c(c1)OCO2. The summed E-state index contributed by atoms with van der Waals surface area (Å²) in [6, 6.07) is 9.48. The molecule has 3 rings (SSSR count). The Labute approximate surface area is 174 Å². The molecule has 0 fully saturated rings. The Balaban J connectivity index is 1.86. The number of amides is 1. The minimum atomic E-state index is -3.75. The van der Waals surface area contributed by atoms with Crippen molar-refractivity contribution in [2.45, 2.75) is 13.8 Å². The highest BCUT2D eigenvalue weighted by Gasteiger charge is 2.26. The van der Waals surface area contributed by atoms with E-state index in [4.69, 9.17) is 14.2 Å². The van der Waals surface area contributed by atoms with Gasteiger partial charge in [-0.1, -0.05) is 6.07 Å². The van der Waals surface area contributed by atoms with Crippen LogP contribution in [0.25, 0.3) is 0 Å². The van der Waals surface area contributed by atoms with Crippen molar-refractivity contribution in [3.05, 3.63) is 47.5 Å². The molecule has 0 spiro atoms. The molecule has 1 amide bonds. The molecule has 10 heteroatoms. The number of hydrogen-bond acceptors (Lipinski definition) is 7. The summed E-state index contributed by atoms with van der Waals surface area (Å²) in [5.74, 6) is -0.363. The van der Waals surface area contributed by atoms with Gasteiger partial charge in [0.15, 0.2) is 11.5 Å². The Kier molecular flexibility index (Phi) is 6.16. The van der Waals surface area contributed by atoms with Crippen LogP contribution in [0.3, 0.4) is 0 Å². The number of sulfonamides is 1. The summed E-state index contributed by atoms with van der Waals surface area (Å²) in [6.07, 6.45) is 0. The van der Waals surface area contributed by atoms with Gasteiger partial charge in [-0.15, -0.1) is 0 Å². The molecule has 0 aliphatic carbocycles. The largest absolute Gasteiger partial charge is 0.465 e. The van der Waals surface area contributed by atoms with Crippen molar-refractivity contribution < 1.29 is 32.2 Å². The number of methoxy groups -OCH3 is 1. The molecule has 1 aliphatic rings. The maximum atomic E-state index is 12.7. The van der Waals surface area contributed by atoms with Crippen molar-refractivity contribution >= 4 is 33.3 Å². The predicted molar refractivity (Wildman–Crippen MR) is 111 cm³/mol. The van der Waals surface area contributed by atoms with E-state index in [0.717, 1.165) is 4.31 Å². The summed E-state index contributed by atoms with van der Waals surface area (Å²) in [4.78, 5) is 24.6. The van der Waals surface area contributed by atoms with Gasteiger partial charge in [0, 0.05) is 11.8 Å². The highest BCUT2D eigenvalue weighted by Crippen LogP contribution is 2.36. The fraction of sp³-hybridized carbons (Fsp3) is 0.300. The third-order valence-corrected chi connectivity index (χ3v) is 6.39. The molecule has 0 bridgehead atoms. The Bertz CT molecular complexity index is 1080. The van der Waals surface area contributed by atoms with Crippen molar-refractivity contribution in [3.63, 3.8) is 0 Å². The first kappa shape index (κ1) is 21.4. The fourth-order valence-electron chi connectivity index (χ4n) is 2.97. The van der Waals surface area contributed by atoms with Gasteiger partial charge in [-0.05, 0) is 43.7 Å². The molecule has 0 unspecified atom stereocenters. The van der Waals surface area contributed by atoms with Crippen LogP contribution in [0.1, 0.15) is 22.8 Å². The summed E-state index contributed by atoms with van der Waals surface area (Å²) >= 11 is 0. The molecule has 1 heterocycles. The number of hydrogen-bond donors (Lipinski definition) is 1. The molecule has 1 N–H and O–H groups in total. The van der Waals surface area contributed by atoms with Crippen LogP contribution in [-0.2, 0) is 19.6 Å². The van der Waals surface area contributed by atoms with Gasteiger partial charge >= 0.3 is 5.97 Å². The molecule has 9 nitrogen and oxygen atoms in total. The molecule has 2 aromatic carbocycles. The van der Waals surface area contributed by atoms with E-state index in [9.17, 15) is 18.0 Å². The first-order chi connectivity index (χ1) is 14.3. The minimum Gasteiger partial charge on any atom is -0.465 e. The minimum absolute atomic E-state index is 0.0512. The van der Waals surface area contributed by atoms with Crippen LogP contribution in [0.2, 0.25) is 0 Å². The van der Waals surface area contributed by atoms with E-state index in [1.54, 1.807) is 37.3 Å². The third kappa shape index (κ3) is 4.33. The second kappa shape index (κ2) is 8.62. The van der Waals surface area contributed by atoms with Gasteiger partial charge < -0.3 is 19.5 Å². The standard InChI is InChI=1S/C20H22N2O7S/c1-4-30(25,26)22(14-8-9-17-18(10-14)29-12-28-17)11-19(23)21-16-7-5-6-15(13(16)2)20(24)27-3/h5-10H,4,11-12H2,1-3H3,(H,21,23). The first-order valence-electron chi connectivity index (χ1n) is 9.14. The molecule has 1 aliphatic heterocycles. The molecule has 30 heavy (non-hydrogen) atoms. The van der Waals surface area contributed by atoms with Crippen molar-refractivity contribution in [1.82, 2.24) is 0 Å². The Morgan fingerprint density at radius 3 is 2.60 bits per heavy atom. The van der Waals surface area contributed by atoms with Gasteiger partial charge in [0.25, 0.3) is 0 Å². The van der Waals surface area contributed by atoms with Crippen LogP contribution in [0.15, 0.2) is 36.4 Å². The van der Waals surface area contributed by atoms with Crippen molar-refractivity contribution in [3.8, 4) is 11.5 Å². The zero-order chi connectivity index (χ0) is 21.9. The molecule has 2 aromatic rings. The highest BCUT2D eigenvalue weighted by molar-refractivity contribution is 7.92. The zero-order valence-electron chi connectivity index (χ0n) is 16.8. The van der Waals surface area contributed by atoms with Gasteiger partial charge in [-0.25, -0.2) is 13.2 Å². The van der Waals surface area contributed by atoms with Crippen molar-refractivity contribution in [1.29, 1.82) is 0 Å². The molecular weight excluding hydrogens is 412 g/mol. The van der Waals surface area contributed by atoms with Crippen LogP contribution in [0.5, 0.6) is 11.5 Å². The van der Waals surface area contributed by atoms with Crippen LogP contribution in [0.4, 0.5) is 11.4 Å². The smallest absolute Gasteiger partial charge is 0.338 e. The van der Waals surface area contributed by atoms with Crippen molar-refractivity contribution in [2.75, 3.05) is 35.8 Å². The summed E-state index contributed by atoms with van der Waals surface area (Å²) in [6.45, 7) is 2.77. The average Bonchev–Trinajstić information content (AvgIpc) is 3.20. The monoisotopic (exact) mass is 434 g/mol. The number of anilines is 2. The lowest BCUT2D eigenvalue weighted by Crippen LogP contribution is -2.39. The van der Waals surface area contributed by atoms with Crippen LogP contribution in [0, 0.1) is 6.92 Å². The highest BCUT2D eigenvalue weighted by atomic mass is 32.2. The van der Waals surface area contributed by atoms with E-state index in [2.05, 4.69) is 5.32 Å². The molecule has 0 atom stereocenters. The van der Waals surface area contributed by atoms with E-state index >= 15 is 0 Å². The Hall–Kier alpha value is -3.27. The van der Waals surface area contributed by atoms with Gasteiger partial charge in [-0.3, -0.25) is 9.10 Å². The average molecular weight is 434 g/mol. The maximum Gasteiger partial charge on any atom is 0.338 e. The van der Waals surface area contributed by atoms with Gasteiger partial charge in [-0.2, -0.15) is 0 Å². The van der Waals surface area contributed by atoms with Gasteiger partial charge in [0.1, 0.15) is 6.54 Å². The zero-order valence-corrected chi connectivity index (χ0v) is 17.6. The number of benzene rings is 2. The Morgan fingerprint density at radius 2 is 1.90 bits per heavy atom. The van der Waals surface area contributed by atoms with Crippen LogP contribution >= 0.6 is 0 Å². The quantitative estimate of drug-likeness (QED) is 0.666. The van der Waals surface area contributed by atoms with E-state index in [-0.39, 0.29) is 18.2 Å². The third-order valence-electron chi connectivity index (χ3n) is 4.65. The topological polar surface area (TPSA) is 111 Å². The number of carbonyl (C=O) groups is 2. The number of fused-ring (bicyclic) bond motifs is 1. The molecule has 0 saturated carbocycles. The van der Waals surface area contributed by atoms with Gasteiger partial charge in [0.2, 0.25) is 22.7 Å². The second-order valence-electron chi connectivity index (χ2n) is 6.46. The van der Waals surface area contributed by atoms with Crippen LogP contribution < -0.4 is 19.1 Å². The van der Waals surface area contributed by atoms with E-state index in [1.807, 2.05) is 0 Å². The Morgan fingerprint density at radius 1 is 1.17 bits per heavy atom. The summed E-state index contributed by atoms with van der Waals surface area (Å²) in [5, 5.41) is 2.67. The number of esters is 1. The number of nitrogens with one attached hydrogen (secondary N) is 1. The number of ether oxygens (including phenoxy) is 3. The van der Waals surface area contributed by atoms with Crippen molar-refractivity contribution in [2.24, 2.45) is 0 Å². The summed E-state index contributed by atoms with van der Waals surface area (Å²) in [5.41, 5.74) is 1.51. The molecule has 160 valence electrons. The summed E-state index contributed by atoms with van der Waals surface area (Å²) in [7, 11) is -2.48. The molecular formula is C20H22N2O7S. The van der Waals surface area contributed by atoms with Crippen LogP contribution in [-0.4, -0.2) is 46.5 Å². The van der Waals surface area contributed by atoms with E-state index < -0.39 is 28.4 Å². The molecule has 0 saturated heterocycles. The lowest BCUT2D eigenvalue weighted by atomic mass is 10.1. The molecule has 0 aromatic heterocycles. The van der Waals surface area contributed by atoms with Gasteiger partial charge in [0.05, 0.1) is 24.1 Å². The maximum absolute atomic E-state index is 12.7. The van der Waals surface area contributed by atoms with E-state index in [1.165, 1.54) is 20.1 Å². The predicted octanol–water partition coefficient (Wildman–Crippen LogP) is 2.31. The lowest BCUT2D eigenvalue weighted by molar-refractivity contribution is -0.114. The van der Waals surface area contributed by atoms with E-state index in [0.29, 0.717) is 28.3 Å². The second-order valence-corrected chi connectivity index (χ2v) is 8.64. The number of nitrogens with zero attached hydrogens (tertiary/aromatic N) is 1. The lowest BCUT2D eigenvalue weighted by Gasteiger charge is -2.24. The number of rotatable bonds is 7. The first-order valence-corrected chi connectivity index (χ1v) is 10.8. The normalized spacial score (nSPS) is 12.4. The fourth-order valence-corrected chi connectivity index (χ4v) is 4.03. The number of carbonyl (C=O) groups excluding carboxylic acids is 2. The molecule has 0 radical (unpaired) electrons. The summed E-state index contributed by atoms with van der Waals surface area (Å²) < 4.78 is 41.6.